The van der Waals surface area contributed by atoms with Crippen LogP contribution in [0.1, 0.15) is 36.6 Å². The summed E-state index contributed by atoms with van der Waals surface area (Å²) in [5, 5.41) is 8.55. The van der Waals surface area contributed by atoms with E-state index in [2.05, 4.69) is 16.0 Å². The van der Waals surface area contributed by atoms with Gasteiger partial charge < -0.3 is 15.4 Å². The summed E-state index contributed by atoms with van der Waals surface area (Å²) >= 11 is 0. The average Bonchev–Trinajstić information content (AvgIpc) is 2.68. The van der Waals surface area contributed by atoms with Crippen molar-refractivity contribution in [3.8, 4) is 5.75 Å². The second-order valence-electron chi connectivity index (χ2n) is 7.04. The zero-order valence-electron chi connectivity index (χ0n) is 17.4. The molecule has 2 unspecified atom stereocenters. The minimum atomic E-state index is -0.567. The summed E-state index contributed by atoms with van der Waals surface area (Å²) in [6.07, 6.45) is 0. The van der Waals surface area contributed by atoms with E-state index in [-0.39, 0.29) is 30.2 Å². The van der Waals surface area contributed by atoms with Crippen molar-refractivity contribution in [1.29, 1.82) is 0 Å². The summed E-state index contributed by atoms with van der Waals surface area (Å²) < 4.78 is 18.8. The van der Waals surface area contributed by atoms with Gasteiger partial charge in [0.05, 0.1) is 19.7 Å². The van der Waals surface area contributed by atoms with E-state index < -0.39 is 11.9 Å². The van der Waals surface area contributed by atoms with Crippen LogP contribution >= 0.6 is 0 Å². The van der Waals surface area contributed by atoms with E-state index in [9.17, 15) is 14.0 Å². The second kappa shape index (κ2) is 10.0. The van der Waals surface area contributed by atoms with Crippen LogP contribution in [0.5, 0.6) is 5.75 Å². The highest BCUT2D eigenvalue weighted by atomic mass is 19.1. The molecule has 0 aliphatic carbocycles. The van der Waals surface area contributed by atoms with Gasteiger partial charge in [0.25, 0.3) is 0 Å². The first kappa shape index (κ1) is 22.4. The summed E-state index contributed by atoms with van der Waals surface area (Å²) in [6, 6.07) is 9.58. The normalized spacial score (nSPS) is 12.8. The number of anilines is 1. The minimum Gasteiger partial charge on any atom is -0.494 e. The molecule has 6 nitrogen and oxygen atoms in total. The third-order valence-corrected chi connectivity index (χ3v) is 4.74. The number of halogens is 1. The first-order valence-electron chi connectivity index (χ1n) is 9.46. The van der Waals surface area contributed by atoms with Crippen LogP contribution in [-0.4, -0.2) is 31.5 Å². The smallest absolute Gasteiger partial charge is 0.243 e. The van der Waals surface area contributed by atoms with Crippen molar-refractivity contribution in [2.45, 2.75) is 39.8 Å². The van der Waals surface area contributed by atoms with Crippen molar-refractivity contribution >= 4 is 17.5 Å². The zero-order chi connectivity index (χ0) is 21.6. The Kier molecular flexibility index (Phi) is 7.73. The van der Waals surface area contributed by atoms with Crippen LogP contribution in [-0.2, 0) is 9.59 Å². The van der Waals surface area contributed by atoms with Crippen LogP contribution in [0.2, 0.25) is 0 Å². The van der Waals surface area contributed by atoms with Crippen molar-refractivity contribution in [2.75, 3.05) is 19.0 Å². The molecule has 0 fully saturated rings. The summed E-state index contributed by atoms with van der Waals surface area (Å²) in [5.74, 6) is -0.906. The van der Waals surface area contributed by atoms with Gasteiger partial charge >= 0.3 is 0 Å². The van der Waals surface area contributed by atoms with E-state index in [1.54, 1.807) is 19.1 Å². The molecule has 29 heavy (non-hydrogen) atoms. The topological polar surface area (TPSA) is 79.5 Å². The molecule has 2 rings (SSSR count). The molecule has 0 saturated carbocycles. The van der Waals surface area contributed by atoms with Crippen molar-refractivity contribution in [1.82, 2.24) is 10.6 Å². The van der Waals surface area contributed by atoms with Crippen LogP contribution in [0.3, 0.4) is 0 Å². The fourth-order valence-corrected chi connectivity index (χ4v) is 3.01. The zero-order valence-corrected chi connectivity index (χ0v) is 17.4. The van der Waals surface area contributed by atoms with E-state index in [1.807, 2.05) is 39.0 Å². The van der Waals surface area contributed by atoms with Crippen LogP contribution in [0.25, 0.3) is 0 Å². The number of amides is 2. The molecule has 0 aliphatic rings. The molecule has 0 heterocycles. The summed E-state index contributed by atoms with van der Waals surface area (Å²) in [7, 11) is 1.41. The lowest BCUT2D eigenvalue weighted by Crippen LogP contribution is -2.45. The van der Waals surface area contributed by atoms with Crippen molar-refractivity contribution in [3.63, 3.8) is 0 Å². The molecule has 0 spiro atoms. The Morgan fingerprint density at radius 2 is 1.76 bits per heavy atom. The van der Waals surface area contributed by atoms with Gasteiger partial charge in [-0.05, 0) is 56.5 Å². The minimum absolute atomic E-state index is 0.135. The predicted molar refractivity (Wildman–Crippen MR) is 112 cm³/mol. The van der Waals surface area contributed by atoms with Crippen LogP contribution < -0.4 is 20.7 Å². The van der Waals surface area contributed by atoms with Gasteiger partial charge in [-0.25, -0.2) is 4.39 Å². The number of para-hydroxylation sites is 1. The number of ether oxygens (including phenoxy) is 1. The predicted octanol–water partition coefficient (Wildman–Crippen LogP) is 3.25. The van der Waals surface area contributed by atoms with Crippen LogP contribution in [0, 0.1) is 19.7 Å². The molecule has 2 amide bonds. The molecule has 0 saturated heterocycles. The van der Waals surface area contributed by atoms with Gasteiger partial charge in [0, 0.05) is 11.7 Å². The maximum absolute atomic E-state index is 13.9. The lowest BCUT2D eigenvalue weighted by Gasteiger charge is -2.20. The summed E-state index contributed by atoms with van der Waals surface area (Å²) in [5.41, 5.74) is 3.37. The SMILES string of the molecule is COc1ccc(C(C)NC(C)C(=O)NCC(=O)Nc2c(C)cccc2C)cc1F. The van der Waals surface area contributed by atoms with Crippen LogP contribution in [0.15, 0.2) is 36.4 Å². The van der Waals surface area contributed by atoms with Crippen molar-refractivity contribution in [2.24, 2.45) is 0 Å². The fourth-order valence-electron chi connectivity index (χ4n) is 3.01. The Bertz CT molecular complexity index is 865. The molecule has 2 aromatic carbocycles. The Hall–Kier alpha value is -2.93. The molecular formula is C22H28FN3O3. The number of nitrogens with one attached hydrogen (secondary N) is 3. The highest BCUT2D eigenvalue weighted by Crippen LogP contribution is 2.22. The lowest BCUT2D eigenvalue weighted by atomic mass is 10.1. The van der Waals surface area contributed by atoms with Gasteiger partial charge in [0.2, 0.25) is 11.8 Å². The highest BCUT2D eigenvalue weighted by Gasteiger charge is 2.18. The number of rotatable bonds is 8. The Labute approximate surface area is 170 Å². The maximum atomic E-state index is 13.9. The molecule has 7 heteroatoms. The number of carbonyl (C=O) groups is 2. The number of aryl methyl sites for hydroxylation is 2. The third-order valence-electron chi connectivity index (χ3n) is 4.74. The van der Waals surface area contributed by atoms with Gasteiger partial charge in [-0.3, -0.25) is 14.9 Å². The molecule has 2 atom stereocenters. The number of carbonyl (C=O) groups excluding carboxylic acids is 2. The third kappa shape index (κ3) is 6.02. The Balaban J connectivity index is 1.87. The molecule has 3 N–H and O–H groups in total. The highest BCUT2D eigenvalue weighted by molar-refractivity contribution is 5.96. The molecule has 0 bridgehead atoms. The van der Waals surface area contributed by atoms with E-state index in [1.165, 1.54) is 13.2 Å². The van der Waals surface area contributed by atoms with E-state index in [0.717, 1.165) is 16.8 Å². The fraction of sp³-hybridized carbons (Fsp3) is 0.364. The summed E-state index contributed by atoms with van der Waals surface area (Å²) in [6.45, 7) is 7.21. The standard InChI is InChI=1S/C22H28FN3O3/c1-13-7-6-8-14(2)21(13)26-20(27)12-24-22(28)16(4)25-15(3)17-9-10-19(29-5)18(23)11-17/h6-11,15-16,25H,12H2,1-5H3,(H,24,28)(H,26,27). The molecule has 0 aromatic heterocycles. The molecule has 2 aromatic rings. The number of methoxy groups -OCH3 is 1. The van der Waals surface area contributed by atoms with Crippen molar-refractivity contribution < 1.29 is 18.7 Å². The molecule has 156 valence electrons. The van der Waals surface area contributed by atoms with Crippen molar-refractivity contribution in [3.05, 3.63) is 58.9 Å². The first-order valence-corrected chi connectivity index (χ1v) is 9.46. The maximum Gasteiger partial charge on any atom is 0.243 e. The number of benzene rings is 2. The van der Waals surface area contributed by atoms with Crippen LogP contribution in [0.4, 0.5) is 10.1 Å². The number of hydrogen-bond acceptors (Lipinski definition) is 4. The monoisotopic (exact) mass is 401 g/mol. The Morgan fingerprint density at radius 3 is 2.34 bits per heavy atom. The first-order chi connectivity index (χ1) is 13.7. The molecule has 0 aliphatic heterocycles. The molecule has 0 radical (unpaired) electrons. The average molecular weight is 401 g/mol. The number of hydrogen-bond donors (Lipinski definition) is 3. The van der Waals surface area contributed by atoms with Gasteiger partial charge in [0.1, 0.15) is 0 Å². The summed E-state index contributed by atoms with van der Waals surface area (Å²) in [4.78, 5) is 24.5. The molecular weight excluding hydrogens is 373 g/mol. The quantitative estimate of drug-likeness (QED) is 0.634. The van der Waals surface area contributed by atoms with Gasteiger partial charge in [-0.15, -0.1) is 0 Å². The van der Waals surface area contributed by atoms with E-state index in [0.29, 0.717) is 5.56 Å². The van der Waals surface area contributed by atoms with E-state index in [4.69, 9.17) is 4.74 Å². The van der Waals surface area contributed by atoms with E-state index >= 15 is 0 Å². The largest absolute Gasteiger partial charge is 0.494 e. The Morgan fingerprint density at radius 1 is 1.10 bits per heavy atom. The second-order valence-corrected chi connectivity index (χ2v) is 7.04. The van der Waals surface area contributed by atoms with Gasteiger partial charge in [-0.1, -0.05) is 24.3 Å². The lowest BCUT2D eigenvalue weighted by molar-refractivity contribution is -0.125. The van der Waals surface area contributed by atoms with Gasteiger partial charge in [-0.2, -0.15) is 0 Å². The van der Waals surface area contributed by atoms with Gasteiger partial charge in [0.15, 0.2) is 11.6 Å².